The average molecular weight is 362 g/mol. The molecule has 0 amide bonds. The molecule has 1 aromatic heterocycles. The molecule has 0 aliphatic rings. The Morgan fingerprint density at radius 3 is 2.27 bits per heavy atom. The lowest BCUT2D eigenvalue weighted by Crippen LogP contribution is -2.02. The lowest BCUT2D eigenvalue weighted by atomic mass is 10.1. The Morgan fingerprint density at radius 2 is 1.58 bits per heavy atom. The molecule has 1 N–H and O–H groups in total. The third kappa shape index (κ3) is 2.97. The van der Waals surface area contributed by atoms with Gasteiger partial charge in [-0.25, -0.2) is 0 Å². The smallest absolute Gasteiger partial charge is 0.116 e. The molecular weight excluding hydrogens is 342 g/mol. The highest BCUT2D eigenvalue weighted by atomic mass is 35.5. The molecule has 3 heteroatoms. The molecule has 130 valence electrons. The van der Waals surface area contributed by atoms with E-state index in [2.05, 4.69) is 54.8 Å². The second kappa shape index (κ2) is 6.54. The Kier molecular flexibility index (Phi) is 4.21. The van der Waals surface area contributed by atoms with Gasteiger partial charge in [0, 0.05) is 22.5 Å². The summed E-state index contributed by atoms with van der Waals surface area (Å²) in [4.78, 5) is 0. The molecule has 2 nitrogen and oxygen atoms in total. The van der Waals surface area contributed by atoms with Crippen LogP contribution in [0.3, 0.4) is 0 Å². The van der Waals surface area contributed by atoms with E-state index in [1.165, 1.54) is 11.1 Å². The number of nitrogens with zero attached hydrogens (tertiary/aromatic N) is 1. The number of phenols is 1. The molecule has 1 heterocycles. The monoisotopic (exact) mass is 361 g/mol. The van der Waals surface area contributed by atoms with E-state index < -0.39 is 0 Å². The predicted octanol–water partition coefficient (Wildman–Crippen LogP) is 6.33. The minimum absolute atomic E-state index is 0.288. The van der Waals surface area contributed by atoms with E-state index in [1.54, 1.807) is 6.07 Å². The highest BCUT2D eigenvalue weighted by molar-refractivity contribution is 6.30. The maximum atomic E-state index is 9.96. The van der Waals surface area contributed by atoms with Crippen molar-refractivity contribution in [2.24, 2.45) is 0 Å². The van der Waals surface area contributed by atoms with Crippen LogP contribution in [0.15, 0.2) is 66.7 Å². The maximum Gasteiger partial charge on any atom is 0.116 e. The zero-order valence-electron chi connectivity index (χ0n) is 14.8. The van der Waals surface area contributed by atoms with Crippen molar-refractivity contribution in [1.82, 2.24) is 4.57 Å². The largest absolute Gasteiger partial charge is 0.508 e. The quantitative estimate of drug-likeness (QED) is 0.453. The molecule has 0 aliphatic carbocycles. The fraction of sp³-hybridized carbons (Fsp3) is 0.130. The van der Waals surface area contributed by atoms with Gasteiger partial charge in [0.15, 0.2) is 0 Å². The summed E-state index contributed by atoms with van der Waals surface area (Å²) >= 11 is 6.08. The topological polar surface area (TPSA) is 25.2 Å². The summed E-state index contributed by atoms with van der Waals surface area (Å²) in [5.41, 5.74) is 7.05. The molecule has 0 spiro atoms. The van der Waals surface area contributed by atoms with E-state index in [4.69, 9.17) is 11.6 Å². The third-order valence-electron chi connectivity index (χ3n) is 4.88. The molecule has 0 fully saturated rings. The van der Waals surface area contributed by atoms with Crippen LogP contribution in [0.5, 0.6) is 5.75 Å². The molecule has 0 aliphatic heterocycles. The number of aromatic nitrogens is 1. The van der Waals surface area contributed by atoms with Gasteiger partial charge < -0.3 is 9.67 Å². The summed E-state index contributed by atoms with van der Waals surface area (Å²) in [6, 6.07) is 22.1. The zero-order chi connectivity index (χ0) is 18.3. The van der Waals surface area contributed by atoms with Gasteiger partial charge in [-0.2, -0.15) is 0 Å². The predicted molar refractivity (Wildman–Crippen MR) is 109 cm³/mol. The second-order valence-corrected chi connectivity index (χ2v) is 7.19. The van der Waals surface area contributed by atoms with E-state index in [9.17, 15) is 5.11 Å². The van der Waals surface area contributed by atoms with Crippen LogP contribution in [0.4, 0.5) is 0 Å². The van der Waals surface area contributed by atoms with Gasteiger partial charge in [-0.05, 0) is 60.9 Å². The van der Waals surface area contributed by atoms with Gasteiger partial charge >= 0.3 is 0 Å². The maximum absolute atomic E-state index is 9.96. The molecule has 0 saturated heterocycles. The Morgan fingerprint density at radius 1 is 0.885 bits per heavy atom. The highest BCUT2D eigenvalue weighted by Crippen LogP contribution is 2.36. The number of halogens is 1. The molecule has 0 unspecified atom stereocenters. The SMILES string of the molecule is Cc1ccc(Cn2c(-c3ccc(Cl)cc3)c(C)c3cc(O)ccc32)cc1. The summed E-state index contributed by atoms with van der Waals surface area (Å²) < 4.78 is 2.32. The normalized spacial score (nSPS) is 11.2. The lowest BCUT2D eigenvalue weighted by Gasteiger charge is -2.13. The summed E-state index contributed by atoms with van der Waals surface area (Å²) in [5, 5.41) is 11.8. The van der Waals surface area contributed by atoms with Crippen LogP contribution in [0.1, 0.15) is 16.7 Å². The first-order valence-corrected chi connectivity index (χ1v) is 9.04. The first kappa shape index (κ1) is 16.7. The number of phenolic OH excluding ortho intramolecular Hbond substituents is 1. The molecule has 0 bridgehead atoms. The number of fused-ring (bicyclic) bond motifs is 1. The van der Waals surface area contributed by atoms with E-state index in [1.807, 2.05) is 24.3 Å². The Bertz CT molecular complexity index is 1080. The number of hydrogen-bond donors (Lipinski definition) is 1. The molecule has 26 heavy (non-hydrogen) atoms. The van der Waals surface area contributed by atoms with Gasteiger partial charge in [0.05, 0.1) is 5.69 Å². The summed E-state index contributed by atoms with van der Waals surface area (Å²) in [7, 11) is 0. The van der Waals surface area contributed by atoms with Crippen molar-refractivity contribution < 1.29 is 5.11 Å². The van der Waals surface area contributed by atoms with Crippen LogP contribution in [-0.2, 0) is 6.54 Å². The van der Waals surface area contributed by atoms with Crippen LogP contribution in [-0.4, -0.2) is 9.67 Å². The third-order valence-corrected chi connectivity index (χ3v) is 5.13. The van der Waals surface area contributed by atoms with Crippen molar-refractivity contribution in [3.63, 3.8) is 0 Å². The molecule has 3 aromatic carbocycles. The zero-order valence-corrected chi connectivity index (χ0v) is 15.6. The van der Waals surface area contributed by atoms with Gasteiger partial charge in [-0.3, -0.25) is 0 Å². The van der Waals surface area contributed by atoms with Crippen molar-refractivity contribution in [1.29, 1.82) is 0 Å². The van der Waals surface area contributed by atoms with Crippen LogP contribution in [0.2, 0.25) is 5.02 Å². The lowest BCUT2D eigenvalue weighted by molar-refractivity contribution is 0.476. The molecule has 0 saturated carbocycles. The first-order chi connectivity index (χ1) is 12.5. The molecule has 4 rings (SSSR count). The first-order valence-electron chi connectivity index (χ1n) is 8.66. The van der Waals surface area contributed by atoms with Crippen molar-refractivity contribution in [3.05, 3.63) is 88.4 Å². The molecular formula is C23H20ClNO. The number of hydrogen-bond acceptors (Lipinski definition) is 1. The summed E-state index contributed by atoms with van der Waals surface area (Å²) in [6.45, 7) is 4.98. The van der Waals surface area contributed by atoms with Gasteiger partial charge in [0.25, 0.3) is 0 Å². The van der Waals surface area contributed by atoms with Crippen molar-refractivity contribution >= 4 is 22.5 Å². The van der Waals surface area contributed by atoms with Crippen LogP contribution in [0.25, 0.3) is 22.2 Å². The van der Waals surface area contributed by atoms with E-state index in [0.717, 1.165) is 39.3 Å². The van der Waals surface area contributed by atoms with Crippen molar-refractivity contribution in [2.45, 2.75) is 20.4 Å². The van der Waals surface area contributed by atoms with Crippen LogP contribution >= 0.6 is 11.6 Å². The van der Waals surface area contributed by atoms with Crippen molar-refractivity contribution in [3.8, 4) is 17.0 Å². The molecule has 0 radical (unpaired) electrons. The van der Waals surface area contributed by atoms with Crippen LogP contribution in [0, 0.1) is 13.8 Å². The summed E-state index contributed by atoms with van der Waals surface area (Å²) in [6.07, 6.45) is 0. The fourth-order valence-corrected chi connectivity index (χ4v) is 3.66. The Hall–Kier alpha value is -2.71. The minimum atomic E-state index is 0.288. The number of benzene rings is 3. The molecule has 4 aromatic rings. The van der Waals surface area contributed by atoms with E-state index in [-0.39, 0.29) is 5.75 Å². The highest BCUT2D eigenvalue weighted by Gasteiger charge is 2.16. The minimum Gasteiger partial charge on any atom is -0.508 e. The second-order valence-electron chi connectivity index (χ2n) is 6.75. The number of rotatable bonds is 3. The molecule has 0 atom stereocenters. The van der Waals surface area contributed by atoms with Gasteiger partial charge in [-0.15, -0.1) is 0 Å². The van der Waals surface area contributed by atoms with Crippen molar-refractivity contribution in [2.75, 3.05) is 0 Å². The Labute approximate surface area is 158 Å². The summed E-state index contributed by atoms with van der Waals surface area (Å²) in [5.74, 6) is 0.288. The average Bonchev–Trinajstić information content (AvgIpc) is 2.89. The van der Waals surface area contributed by atoms with Gasteiger partial charge in [0.1, 0.15) is 5.75 Å². The van der Waals surface area contributed by atoms with Gasteiger partial charge in [0.2, 0.25) is 0 Å². The fourth-order valence-electron chi connectivity index (χ4n) is 3.53. The number of aromatic hydroxyl groups is 1. The van der Waals surface area contributed by atoms with E-state index in [0.29, 0.717) is 0 Å². The number of aryl methyl sites for hydroxylation is 2. The van der Waals surface area contributed by atoms with E-state index >= 15 is 0 Å². The Balaban J connectivity index is 1.94. The van der Waals surface area contributed by atoms with Gasteiger partial charge in [-0.1, -0.05) is 53.6 Å². The standard InChI is InChI=1S/C23H20ClNO/c1-15-3-5-17(6-4-15)14-25-22-12-11-20(26)13-21(22)16(2)23(25)18-7-9-19(24)10-8-18/h3-13,26H,14H2,1-2H3. The van der Waals surface area contributed by atoms with Crippen LogP contribution < -0.4 is 0 Å².